The number of nitrogens with two attached hydrogens (primary N) is 1. The van der Waals surface area contributed by atoms with Gasteiger partial charge >= 0.3 is 0 Å². The second-order valence-electron chi connectivity index (χ2n) is 6.26. The van der Waals surface area contributed by atoms with E-state index in [1.54, 1.807) is 0 Å². The van der Waals surface area contributed by atoms with E-state index in [4.69, 9.17) is 11.6 Å². The number of rotatable bonds is 6. The molecule has 1 fully saturated rings. The highest BCUT2D eigenvalue weighted by Crippen LogP contribution is 2.22. The number of imide groups is 1. The molecule has 5 heteroatoms. The van der Waals surface area contributed by atoms with Crippen molar-refractivity contribution in [1.29, 1.82) is 0 Å². The van der Waals surface area contributed by atoms with Gasteiger partial charge in [-0.25, -0.2) is 4.90 Å². The Hall–Kier alpha value is -2.17. The Labute approximate surface area is 152 Å². The standard InChI is InChI=1S/C20H21ClN2O2/c1-2-14-7-9-16(10-8-14)23-19(24)13-18(20(23)25)22-12-11-15-5-3-4-6-17(15)21/h3-10,18,22H,2,11-13H2,1H3/p+1/t18-/m0/s1. The second kappa shape index (κ2) is 7.81. The lowest BCUT2D eigenvalue weighted by atomic mass is 10.1. The minimum Gasteiger partial charge on any atom is -0.335 e. The van der Waals surface area contributed by atoms with Crippen molar-refractivity contribution in [2.75, 3.05) is 11.4 Å². The first kappa shape index (κ1) is 17.6. The summed E-state index contributed by atoms with van der Waals surface area (Å²) >= 11 is 6.16. The Bertz CT molecular complexity index is 774. The van der Waals surface area contributed by atoms with Crippen LogP contribution in [0.15, 0.2) is 48.5 Å². The van der Waals surface area contributed by atoms with Gasteiger partial charge in [0.1, 0.15) is 0 Å². The van der Waals surface area contributed by atoms with Crippen LogP contribution in [0.2, 0.25) is 5.02 Å². The van der Waals surface area contributed by atoms with Crippen molar-refractivity contribution in [3.8, 4) is 0 Å². The number of amides is 2. The lowest BCUT2D eigenvalue weighted by molar-refractivity contribution is -0.674. The van der Waals surface area contributed by atoms with Gasteiger partial charge in [0.25, 0.3) is 5.91 Å². The van der Waals surface area contributed by atoms with Gasteiger partial charge in [0.15, 0.2) is 6.04 Å². The number of carbonyl (C=O) groups is 2. The van der Waals surface area contributed by atoms with E-state index < -0.39 is 0 Å². The highest BCUT2D eigenvalue weighted by molar-refractivity contribution is 6.31. The molecular weight excluding hydrogens is 336 g/mol. The highest BCUT2D eigenvalue weighted by Gasteiger charge is 2.41. The minimum absolute atomic E-state index is 0.131. The predicted octanol–water partition coefficient (Wildman–Crippen LogP) is 2.34. The molecular formula is C20H22ClN2O2+. The first-order chi connectivity index (χ1) is 12.1. The van der Waals surface area contributed by atoms with Crippen LogP contribution in [0.3, 0.4) is 0 Å². The first-order valence-electron chi connectivity index (χ1n) is 8.62. The molecule has 130 valence electrons. The Morgan fingerprint density at radius 3 is 2.52 bits per heavy atom. The zero-order valence-electron chi connectivity index (χ0n) is 14.2. The molecule has 1 heterocycles. The monoisotopic (exact) mass is 357 g/mol. The third-order valence-corrected chi connectivity index (χ3v) is 4.98. The van der Waals surface area contributed by atoms with Crippen LogP contribution in [-0.2, 0) is 22.4 Å². The Morgan fingerprint density at radius 2 is 1.84 bits per heavy atom. The Kier molecular flexibility index (Phi) is 5.51. The summed E-state index contributed by atoms with van der Waals surface area (Å²) in [6.07, 6.45) is 1.94. The normalized spacial score (nSPS) is 17.4. The van der Waals surface area contributed by atoms with Crippen LogP contribution in [0.1, 0.15) is 24.5 Å². The predicted molar refractivity (Wildman–Crippen MR) is 98.7 cm³/mol. The van der Waals surface area contributed by atoms with E-state index in [1.807, 2.05) is 53.8 Å². The fourth-order valence-electron chi connectivity index (χ4n) is 3.13. The number of nitrogens with zero attached hydrogens (tertiary/aromatic N) is 1. The summed E-state index contributed by atoms with van der Waals surface area (Å²) in [5, 5.41) is 2.69. The molecule has 4 nitrogen and oxygen atoms in total. The summed E-state index contributed by atoms with van der Waals surface area (Å²) in [6, 6.07) is 15.0. The van der Waals surface area contributed by atoms with Crippen molar-refractivity contribution >= 4 is 29.1 Å². The molecule has 1 saturated heterocycles. The van der Waals surface area contributed by atoms with Crippen LogP contribution >= 0.6 is 11.6 Å². The molecule has 0 saturated carbocycles. The second-order valence-corrected chi connectivity index (χ2v) is 6.67. The average Bonchev–Trinajstić information content (AvgIpc) is 2.90. The van der Waals surface area contributed by atoms with E-state index in [-0.39, 0.29) is 24.3 Å². The van der Waals surface area contributed by atoms with Crippen LogP contribution in [-0.4, -0.2) is 24.4 Å². The Morgan fingerprint density at radius 1 is 1.12 bits per heavy atom. The molecule has 3 rings (SSSR count). The van der Waals surface area contributed by atoms with Gasteiger partial charge in [-0.15, -0.1) is 0 Å². The van der Waals surface area contributed by atoms with Crippen molar-refractivity contribution in [3.63, 3.8) is 0 Å². The van der Waals surface area contributed by atoms with Gasteiger partial charge in [-0.05, 0) is 35.7 Å². The third-order valence-electron chi connectivity index (χ3n) is 4.61. The zero-order chi connectivity index (χ0) is 17.8. The number of anilines is 1. The lowest BCUT2D eigenvalue weighted by Gasteiger charge is -2.14. The summed E-state index contributed by atoms with van der Waals surface area (Å²) < 4.78 is 0. The SMILES string of the molecule is CCc1ccc(N2C(=O)C[C@H]([NH2+]CCc3ccccc3Cl)C2=O)cc1. The first-order valence-corrected chi connectivity index (χ1v) is 9.00. The molecule has 2 amide bonds. The summed E-state index contributed by atoms with van der Waals surface area (Å²) in [7, 11) is 0. The topological polar surface area (TPSA) is 54.0 Å². The number of quaternary nitrogens is 1. The van der Waals surface area contributed by atoms with Crippen molar-refractivity contribution < 1.29 is 14.9 Å². The fourth-order valence-corrected chi connectivity index (χ4v) is 3.36. The van der Waals surface area contributed by atoms with Crippen LogP contribution < -0.4 is 10.2 Å². The lowest BCUT2D eigenvalue weighted by Crippen LogP contribution is -2.92. The van der Waals surface area contributed by atoms with Crippen LogP contribution in [0.4, 0.5) is 5.69 Å². The van der Waals surface area contributed by atoms with Crippen molar-refractivity contribution in [3.05, 3.63) is 64.7 Å². The number of carbonyl (C=O) groups excluding carboxylic acids is 2. The molecule has 25 heavy (non-hydrogen) atoms. The summed E-state index contributed by atoms with van der Waals surface area (Å²) in [5.41, 5.74) is 2.91. The number of hydrogen-bond acceptors (Lipinski definition) is 2. The molecule has 1 aliphatic rings. The van der Waals surface area contributed by atoms with Gasteiger partial charge in [-0.2, -0.15) is 0 Å². The number of aryl methyl sites for hydroxylation is 1. The van der Waals surface area contributed by atoms with Gasteiger partial charge in [-0.3, -0.25) is 9.59 Å². The third kappa shape index (κ3) is 3.91. The molecule has 1 atom stereocenters. The summed E-state index contributed by atoms with van der Waals surface area (Å²) in [5.74, 6) is -0.262. The van der Waals surface area contributed by atoms with E-state index in [1.165, 1.54) is 10.5 Å². The van der Waals surface area contributed by atoms with Crippen molar-refractivity contribution in [1.82, 2.24) is 0 Å². The molecule has 2 N–H and O–H groups in total. The Balaban J connectivity index is 1.61. The van der Waals surface area contributed by atoms with Crippen LogP contribution in [0.5, 0.6) is 0 Å². The molecule has 0 aliphatic carbocycles. The van der Waals surface area contributed by atoms with E-state index in [0.29, 0.717) is 5.69 Å². The molecule has 2 aromatic rings. The largest absolute Gasteiger partial charge is 0.335 e. The molecule has 0 bridgehead atoms. The van der Waals surface area contributed by atoms with Crippen LogP contribution in [0, 0.1) is 0 Å². The maximum atomic E-state index is 12.6. The molecule has 0 aromatic heterocycles. The number of benzene rings is 2. The minimum atomic E-state index is -0.346. The highest BCUT2D eigenvalue weighted by atomic mass is 35.5. The van der Waals surface area contributed by atoms with Gasteiger partial charge in [-0.1, -0.05) is 48.9 Å². The summed E-state index contributed by atoms with van der Waals surface area (Å²) in [6.45, 7) is 2.79. The maximum absolute atomic E-state index is 12.6. The molecule has 0 unspecified atom stereocenters. The molecule has 0 radical (unpaired) electrons. The zero-order valence-corrected chi connectivity index (χ0v) is 15.0. The molecule has 1 aliphatic heterocycles. The smallest absolute Gasteiger partial charge is 0.292 e. The maximum Gasteiger partial charge on any atom is 0.292 e. The van der Waals surface area contributed by atoms with Crippen molar-refractivity contribution in [2.45, 2.75) is 32.2 Å². The molecule has 0 spiro atoms. The quantitative estimate of drug-likeness (QED) is 0.807. The van der Waals surface area contributed by atoms with Gasteiger partial charge in [0.05, 0.1) is 18.7 Å². The van der Waals surface area contributed by atoms with Crippen molar-refractivity contribution in [2.24, 2.45) is 0 Å². The van der Waals surface area contributed by atoms with Gasteiger partial charge < -0.3 is 5.32 Å². The van der Waals surface area contributed by atoms with E-state index in [9.17, 15) is 9.59 Å². The molecule has 2 aromatic carbocycles. The van der Waals surface area contributed by atoms with E-state index in [0.717, 1.165) is 30.0 Å². The van der Waals surface area contributed by atoms with E-state index in [2.05, 4.69) is 6.92 Å². The van der Waals surface area contributed by atoms with Crippen LogP contribution in [0.25, 0.3) is 0 Å². The fraction of sp³-hybridized carbons (Fsp3) is 0.300. The van der Waals surface area contributed by atoms with E-state index >= 15 is 0 Å². The van der Waals surface area contributed by atoms with Gasteiger partial charge in [0.2, 0.25) is 5.91 Å². The number of halogens is 1. The summed E-state index contributed by atoms with van der Waals surface area (Å²) in [4.78, 5) is 26.2. The average molecular weight is 358 g/mol. The number of hydrogen-bond donors (Lipinski definition) is 1. The van der Waals surface area contributed by atoms with Gasteiger partial charge in [0, 0.05) is 11.4 Å².